The standard InChI is InChI=1S/C14H21N3O4/c1-4-16(5-2)14(18)7-6-10-8-13(21-3)11(15)9-12(10)17(19)20/h8-9H,4-7,15H2,1-3H3. The van der Waals surface area contributed by atoms with Gasteiger partial charge in [0.2, 0.25) is 5.91 Å². The van der Waals surface area contributed by atoms with Crippen molar-refractivity contribution >= 4 is 17.3 Å². The van der Waals surface area contributed by atoms with Gasteiger partial charge in [-0.2, -0.15) is 0 Å². The molecule has 1 amide bonds. The van der Waals surface area contributed by atoms with Crippen molar-refractivity contribution in [3.8, 4) is 5.75 Å². The number of anilines is 1. The number of hydrogen-bond acceptors (Lipinski definition) is 5. The Morgan fingerprint density at radius 3 is 2.48 bits per heavy atom. The number of methoxy groups -OCH3 is 1. The monoisotopic (exact) mass is 295 g/mol. The molecule has 0 aliphatic heterocycles. The summed E-state index contributed by atoms with van der Waals surface area (Å²) < 4.78 is 5.07. The molecule has 1 aromatic carbocycles. The number of nitrogens with two attached hydrogens (primary N) is 1. The van der Waals surface area contributed by atoms with Gasteiger partial charge in [0.05, 0.1) is 17.7 Å². The molecule has 0 aromatic heterocycles. The highest BCUT2D eigenvalue weighted by molar-refractivity contribution is 5.76. The van der Waals surface area contributed by atoms with Gasteiger partial charge in [-0.1, -0.05) is 0 Å². The fourth-order valence-electron chi connectivity index (χ4n) is 2.15. The number of aryl methyl sites for hydroxylation is 1. The van der Waals surface area contributed by atoms with Crippen LogP contribution in [0.15, 0.2) is 12.1 Å². The van der Waals surface area contributed by atoms with Crippen LogP contribution in [0.1, 0.15) is 25.8 Å². The second-order valence-electron chi connectivity index (χ2n) is 4.55. The Morgan fingerprint density at radius 1 is 1.38 bits per heavy atom. The zero-order valence-electron chi connectivity index (χ0n) is 12.6. The van der Waals surface area contributed by atoms with Crippen LogP contribution in [-0.2, 0) is 11.2 Å². The van der Waals surface area contributed by atoms with Crippen molar-refractivity contribution in [3.05, 3.63) is 27.8 Å². The first-order valence-electron chi connectivity index (χ1n) is 6.83. The molecule has 0 unspecified atom stereocenters. The van der Waals surface area contributed by atoms with E-state index in [4.69, 9.17) is 10.5 Å². The highest BCUT2D eigenvalue weighted by atomic mass is 16.6. The average molecular weight is 295 g/mol. The van der Waals surface area contributed by atoms with Gasteiger partial charge in [0.15, 0.2) is 0 Å². The second-order valence-corrected chi connectivity index (χ2v) is 4.55. The molecule has 0 saturated carbocycles. The molecule has 0 heterocycles. The minimum Gasteiger partial charge on any atom is -0.495 e. The lowest BCUT2D eigenvalue weighted by Crippen LogP contribution is -2.30. The first-order chi connectivity index (χ1) is 9.94. The predicted molar refractivity (Wildman–Crippen MR) is 80.3 cm³/mol. The number of nitro benzene ring substituents is 1. The number of rotatable bonds is 7. The number of carbonyl (C=O) groups excluding carboxylic acids is 1. The minimum atomic E-state index is -0.493. The van der Waals surface area contributed by atoms with E-state index in [-0.39, 0.29) is 30.1 Å². The quantitative estimate of drug-likeness (QED) is 0.471. The number of benzene rings is 1. The van der Waals surface area contributed by atoms with Gasteiger partial charge >= 0.3 is 0 Å². The Labute approximate surface area is 123 Å². The highest BCUT2D eigenvalue weighted by Crippen LogP contribution is 2.31. The zero-order valence-corrected chi connectivity index (χ0v) is 12.6. The van der Waals surface area contributed by atoms with Gasteiger partial charge < -0.3 is 15.4 Å². The van der Waals surface area contributed by atoms with Crippen molar-refractivity contribution in [2.24, 2.45) is 0 Å². The first kappa shape index (κ1) is 16.7. The van der Waals surface area contributed by atoms with E-state index >= 15 is 0 Å². The summed E-state index contributed by atoms with van der Waals surface area (Å²) in [6.45, 7) is 5.05. The van der Waals surface area contributed by atoms with E-state index in [1.54, 1.807) is 4.90 Å². The molecule has 7 nitrogen and oxygen atoms in total. The fourth-order valence-corrected chi connectivity index (χ4v) is 2.15. The van der Waals surface area contributed by atoms with Crippen molar-refractivity contribution in [1.29, 1.82) is 0 Å². The number of carbonyl (C=O) groups is 1. The summed E-state index contributed by atoms with van der Waals surface area (Å²) in [5.74, 6) is 0.357. The van der Waals surface area contributed by atoms with Gasteiger partial charge in [0, 0.05) is 31.1 Å². The van der Waals surface area contributed by atoms with Crippen LogP contribution in [0.3, 0.4) is 0 Å². The molecule has 2 N–H and O–H groups in total. The molecule has 21 heavy (non-hydrogen) atoms. The Hall–Kier alpha value is -2.31. The Morgan fingerprint density at radius 2 is 2.00 bits per heavy atom. The lowest BCUT2D eigenvalue weighted by molar-refractivity contribution is -0.385. The maximum Gasteiger partial charge on any atom is 0.274 e. The number of amides is 1. The Kier molecular flexibility index (Phi) is 5.95. The first-order valence-corrected chi connectivity index (χ1v) is 6.83. The molecule has 7 heteroatoms. The largest absolute Gasteiger partial charge is 0.495 e. The summed E-state index contributed by atoms with van der Waals surface area (Å²) in [6, 6.07) is 2.80. The molecule has 0 bridgehead atoms. The molecule has 1 aromatic rings. The highest BCUT2D eigenvalue weighted by Gasteiger charge is 2.19. The summed E-state index contributed by atoms with van der Waals surface area (Å²) in [7, 11) is 1.45. The molecule has 0 aliphatic carbocycles. The predicted octanol–water partition coefficient (Wildman–Crippen LogP) is 1.99. The van der Waals surface area contributed by atoms with Crippen LogP contribution in [0, 0.1) is 10.1 Å². The van der Waals surface area contributed by atoms with Crippen LogP contribution >= 0.6 is 0 Å². The summed E-state index contributed by atoms with van der Waals surface area (Å²) in [5, 5.41) is 11.1. The number of nitrogen functional groups attached to an aromatic ring is 1. The van der Waals surface area contributed by atoms with Crippen LogP contribution in [-0.4, -0.2) is 35.9 Å². The van der Waals surface area contributed by atoms with E-state index in [2.05, 4.69) is 0 Å². The summed E-state index contributed by atoms with van der Waals surface area (Å²) in [5.41, 5.74) is 6.26. The lowest BCUT2D eigenvalue weighted by atomic mass is 10.1. The van der Waals surface area contributed by atoms with E-state index in [0.29, 0.717) is 24.4 Å². The van der Waals surface area contributed by atoms with Gasteiger partial charge in [-0.25, -0.2) is 0 Å². The van der Waals surface area contributed by atoms with Crippen LogP contribution in [0.2, 0.25) is 0 Å². The molecule has 0 aliphatic rings. The normalized spacial score (nSPS) is 10.2. The summed E-state index contributed by atoms with van der Waals surface area (Å²) in [6.07, 6.45) is 0.498. The lowest BCUT2D eigenvalue weighted by Gasteiger charge is -2.18. The molecule has 0 saturated heterocycles. The van der Waals surface area contributed by atoms with Crippen molar-refractivity contribution in [2.45, 2.75) is 26.7 Å². The zero-order chi connectivity index (χ0) is 16.0. The molecule has 116 valence electrons. The van der Waals surface area contributed by atoms with Crippen molar-refractivity contribution in [1.82, 2.24) is 4.90 Å². The molecule has 0 radical (unpaired) electrons. The van der Waals surface area contributed by atoms with E-state index in [0.717, 1.165) is 0 Å². The Bertz CT molecular complexity index is 527. The number of hydrogen-bond donors (Lipinski definition) is 1. The summed E-state index contributed by atoms with van der Waals surface area (Å²) >= 11 is 0. The van der Waals surface area contributed by atoms with E-state index in [1.165, 1.54) is 19.2 Å². The molecular weight excluding hydrogens is 274 g/mol. The second kappa shape index (κ2) is 7.47. The smallest absolute Gasteiger partial charge is 0.274 e. The topological polar surface area (TPSA) is 98.7 Å². The third kappa shape index (κ3) is 4.08. The third-order valence-corrected chi connectivity index (χ3v) is 3.35. The summed E-state index contributed by atoms with van der Waals surface area (Å²) in [4.78, 5) is 24.3. The van der Waals surface area contributed by atoms with Crippen molar-refractivity contribution in [3.63, 3.8) is 0 Å². The molecule has 0 fully saturated rings. The van der Waals surface area contributed by atoms with Gasteiger partial charge in [0.1, 0.15) is 5.75 Å². The molecular formula is C14H21N3O4. The van der Waals surface area contributed by atoms with E-state index in [9.17, 15) is 14.9 Å². The van der Waals surface area contributed by atoms with E-state index in [1.807, 2.05) is 13.8 Å². The average Bonchev–Trinajstić information content (AvgIpc) is 2.46. The van der Waals surface area contributed by atoms with Crippen LogP contribution < -0.4 is 10.5 Å². The molecule has 1 rings (SSSR count). The fraction of sp³-hybridized carbons (Fsp3) is 0.500. The van der Waals surface area contributed by atoms with Gasteiger partial charge in [0.25, 0.3) is 5.69 Å². The third-order valence-electron chi connectivity index (χ3n) is 3.35. The Balaban J connectivity index is 2.96. The van der Waals surface area contributed by atoms with Gasteiger partial charge in [-0.3, -0.25) is 14.9 Å². The van der Waals surface area contributed by atoms with E-state index < -0.39 is 4.92 Å². The van der Waals surface area contributed by atoms with Gasteiger partial charge in [-0.15, -0.1) is 0 Å². The maximum absolute atomic E-state index is 12.0. The number of nitro groups is 1. The molecule has 0 atom stereocenters. The number of ether oxygens (including phenoxy) is 1. The number of nitrogens with zero attached hydrogens (tertiary/aromatic N) is 2. The van der Waals surface area contributed by atoms with Crippen LogP contribution in [0.25, 0.3) is 0 Å². The SMILES string of the molecule is CCN(CC)C(=O)CCc1cc(OC)c(N)cc1[N+](=O)[O-]. The van der Waals surface area contributed by atoms with Crippen LogP contribution in [0.5, 0.6) is 5.75 Å². The minimum absolute atomic E-state index is 0.0231. The van der Waals surface area contributed by atoms with Crippen molar-refractivity contribution in [2.75, 3.05) is 25.9 Å². The van der Waals surface area contributed by atoms with Gasteiger partial charge in [-0.05, 0) is 26.3 Å². The molecule has 0 spiro atoms. The van der Waals surface area contributed by atoms with Crippen molar-refractivity contribution < 1.29 is 14.5 Å². The van der Waals surface area contributed by atoms with Crippen LogP contribution in [0.4, 0.5) is 11.4 Å². The maximum atomic E-state index is 12.0.